The molecule has 0 N–H and O–H groups in total. The molecule has 2 aromatic rings. The Labute approximate surface area is 115 Å². The summed E-state index contributed by atoms with van der Waals surface area (Å²) < 4.78 is 13.8. The number of carbonyl (C=O) groups is 1. The SMILES string of the molecule is O=C(CSc1cccc(F)c1)c1sccc1Br. The van der Waals surface area contributed by atoms with Crippen molar-refractivity contribution < 1.29 is 9.18 Å². The molecule has 1 aromatic heterocycles. The second kappa shape index (κ2) is 5.80. The van der Waals surface area contributed by atoms with E-state index in [1.165, 1.54) is 35.2 Å². The molecule has 5 heteroatoms. The van der Waals surface area contributed by atoms with Crippen LogP contribution in [0.15, 0.2) is 45.1 Å². The third-order valence-corrected chi connectivity index (χ3v) is 4.91. The maximum absolute atomic E-state index is 12.9. The summed E-state index contributed by atoms with van der Waals surface area (Å²) >= 11 is 6.08. The van der Waals surface area contributed by atoms with Crippen LogP contribution in [0.5, 0.6) is 0 Å². The van der Waals surface area contributed by atoms with Crippen molar-refractivity contribution in [2.45, 2.75) is 4.90 Å². The Morgan fingerprint density at radius 3 is 2.88 bits per heavy atom. The van der Waals surface area contributed by atoms with E-state index in [-0.39, 0.29) is 11.6 Å². The predicted molar refractivity (Wildman–Crippen MR) is 73.5 cm³/mol. The molecule has 0 saturated carbocycles. The van der Waals surface area contributed by atoms with E-state index in [4.69, 9.17) is 0 Å². The highest BCUT2D eigenvalue weighted by Crippen LogP contribution is 2.26. The van der Waals surface area contributed by atoms with Gasteiger partial charge in [-0.05, 0) is 45.6 Å². The van der Waals surface area contributed by atoms with E-state index < -0.39 is 0 Å². The summed E-state index contributed by atoms with van der Waals surface area (Å²) in [6.45, 7) is 0. The number of benzene rings is 1. The Morgan fingerprint density at radius 2 is 2.24 bits per heavy atom. The van der Waals surface area contributed by atoms with Gasteiger partial charge in [0.25, 0.3) is 0 Å². The zero-order valence-electron chi connectivity index (χ0n) is 8.65. The van der Waals surface area contributed by atoms with Gasteiger partial charge < -0.3 is 0 Å². The maximum atomic E-state index is 12.9. The van der Waals surface area contributed by atoms with Crippen molar-refractivity contribution in [1.82, 2.24) is 0 Å². The lowest BCUT2D eigenvalue weighted by molar-refractivity contribution is 0.102. The van der Waals surface area contributed by atoms with Gasteiger partial charge in [-0.25, -0.2) is 4.39 Å². The number of carbonyl (C=O) groups excluding carboxylic acids is 1. The molecule has 1 nitrogen and oxygen atoms in total. The molecule has 1 aromatic carbocycles. The fourth-order valence-electron chi connectivity index (χ4n) is 1.26. The van der Waals surface area contributed by atoms with Crippen LogP contribution in [-0.4, -0.2) is 11.5 Å². The standard InChI is InChI=1S/C12H8BrFOS2/c13-10-4-5-16-12(10)11(15)7-17-9-3-1-2-8(14)6-9/h1-6H,7H2. The molecule has 2 rings (SSSR count). The van der Waals surface area contributed by atoms with E-state index in [2.05, 4.69) is 15.9 Å². The Hall–Kier alpha value is -0.650. The highest BCUT2D eigenvalue weighted by molar-refractivity contribution is 9.10. The maximum Gasteiger partial charge on any atom is 0.184 e. The van der Waals surface area contributed by atoms with Gasteiger partial charge >= 0.3 is 0 Å². The summed E-state index contributed by atoms with van der Waals surface area (Å²) in [5.74, 6) is 0.101. The van der Waals surface area contributed by atoms with Crippen LogP contribution in [-0.2, 0) is 0 Å². The average molecular weight is 331 g/mol. The third kappa shape index (κ3) is 3.40. The van der Waals surface area contributed by atoms with Crippen LogP contribution in [0.3, 0.4) is 0 Å². The van der Waals surface area contributed by atoms with Gasteiger partial charge in [-0.2, -0.15) is 0 Å². The predicted octanol–water partition coefficient (Wildman–Crippen LogP) is 4.62. The molecule has 0 saturated heterocycles. The average Bonchev–Trinajstić information content (AvgIpc) is 2.72. The Kier molecular flexibility index (Phi) is 4.36. The summed E-state index contributed by atoms with van der Waals surface area (Å²) in [7, 11) is 0. The minimum absolute atomic E-state index is 0.0566. The van der Waals surface area contributed by atoms with E-state index in [0.717, 1.165) is 9.37 Å². The monoisotopic (exact) mass is 330 g/mol. The van der Waals surface area contributed by atoms with Crippen LogP contribution in [0.2, 0.25) is 0 Å². The number of thiophene rings is 1. The van der Waals surface area contributed by atoms with Crippen molar-refractivity contribution in [3.63, 3.8) is 0 Å². The molecule has 88 valence electrons. The Morgan fingerprint density at radius 1 is 1.41 bits per heavy atom. The third-order valence-electron chi connectivity index (χ3n) is 2.04. The van der Waals surface area contributed by atoms with Crippen molar-refractivity contribution >= 4 is 44.8 Å². The number of Topliss-reactive ketones (excluding diaryl/α,β-unsaturated/α-hetero) is 1. The van der Waals surface area contributed by atoms with Gasteiger partial charge in [0.05, 0.1) is 10.6 Å². The zero-order chi connectivity index (χ0) is 12.3. The van der Waals surface area contributed by atoms with Crippen molar-refractivity contribution in [1.29, 1.82) is 0 Å². The number of rotatable bonds is 4. The molecule has 0 amide bonds. The molecule has 0 aliphatic heterocycles. The van der Waals surface area contributed by atoms with Crippen LogP contribution in [0.1, 0.15) is 9.67 Å². The van der Waals surface area contributed by atoms with E-state index >= 15 is 0 Å². The van der Waals surface area contributed by atoms with Crippen molar-refractivity contribution in [3.05, 3.63) is 50.9 Å². The molecule has 0 fully saturated rings. The number of ketones is 1. The normalized spacial score (nSPS) is 10.5. The highest BCUT2D eigenvalue weighted by atomic mass is 79.9. The quantitative estimate of drug-likeness (QED) is 0.600. The molecular formula is C12H8BrFOS2. The van der Waals surface area contributed by atoms with Crippen molar-refractivity contribution in [3.8, 4) is 0 Å². The largest absolute Gasteiger partial charge is 0.292 e. The van der Waals surface area contributed by atoms with Gasteiger partial charge in [0.2, 0.25) is 0 Å². The van der Waals surface area contributed by atoms with E-state index in [0.29, 0.717) is 10.6 Å². The molecule has 0 aliphatic carbocycles. The molecule has 0 unspecified atom stereocenters. The molecule has 0 spiro atoms. The number of hydrogen-bond acceptors (Lipinski definition) is 3. The first-order valence-corrected chi connectivity index (χ1v) is 7.47. The smallest absolute Gasteiger partial charge is 0.184 e. The molecule has 1 heterocycles. The molecular weight excluding hydrogens is 323 g/mol. The van der Waals surface area contributed by atoms with Gasteiger partial charge in [-0.1, -0.05) is 6.07 Å². The number of halogens is 2. The molecule has 0 radical (unpaired) electrons. The van der Waals surface area contributed by atoms with E-state index in [1.807, 2.05) is 11.4 Å². The van der Waals surface area contributed by atoms with Gasteiger partial charge in [-0.15, -0.1) is 23.1 Å². The van der Waals surface area contributed by atoms with E-state index in [9.17, 15) is 9.18 Å². The lowest BCUT2D eigenvalue weighted by Crippen LogP contribution is -2.00. The number of thioether (sulfide) groups is 1. The molecule has 0 aliphatic rings. The Bertz CT molecular complexity index is 539. The second-order valence-corrected chi connectivity index (χ2v) is 6.09. The van der Waals surface area contributed by atoms with Crippen LogP contribution in [0.25, 0.3) is 0 Å². The van der Waals surface area contributed by atoms with Crippen LogP contribution in [0.4, 0.5) is 4.39 Å². The minimum Gasteiger partial charge on any atom is -0.292 e. The fraction of sp³-hybridized carbons (Fsp3) is 0.0833. The van der Waals surface area contributed by atoms with Gasteiger partial charge in [0.1, 0.15) is 5.82 Å². The molecule has 17 heavy (non-hydrogen) atoms. The van der Waals surface area contributed by atoms with Gasteiger partial charge in [0.15, 0.2) is 5.78 Å². The Balaban J connectivity index is 1.99. The summed E-state index contributed by atoms with van der Waals surface area (Å²) in [4.78, 5) is 13.3. The molecule has 0 bridgehead atoms. The molecule has 0 atom stereocenters. The topological polar surface area (TPSA) is 17.1 Å². The van der Waals surface area contributed by atoms with Crippen LogP contribution >= 0.6 is 39.0 Å². The summed E-state index contributed by atoms with van der Waals surface area (Å²) in [5, 5.41) is 1.87. The summed E-state index contributed by atoms with van der Waals surface area (Å²) in [6, 6.07) is 8.11. The summed E-state index contributed by atoms with van der Waals surface area (Å²) in [5.41, 5.74) is 0. The van der Waals surface area contributed by atoms with Gasteiger partial charge in [-0.3, -0.25) is 4.79 Å². The second-order valence-electron chi connectivity index (χ2n) is 3.27. The fourth-order valence-corrected chi connectivity index (χ4v) is 3.70. The zero-order valence-corrected chi connectivity index (χ0v) is 11.9. The van der Waals surface area contributed by atoms with Crippen LogP contribution < -0.4 is 0 Å². The van der Waals surface area contributed by atoms with Crippen molar-refractivity contribution in [2.24, 2.45) is 0 Å². The lowest BCUT2D eigenvalue weighted by Gasteiger charge is -2.00. The van der Waals surface area contributed by atoms with Crippen molar-refractivity contribution in [2.75, 3.05) is 5.75 Å². The first-order chi connectivity index (χ1) is 8.16. The first kappa shape index (κ1) is 12.8. The summed E-state index contributed by atoms with van der Waals surface area (Å²) in [6.07, 6.45) is 0. The minimum atomic E-state index is -0.278. The first-order valence-electron chi connectivity index (χ1n) is 4.81. The lowest BCUT2D eigenvalue weighted by atomic mass is 10.3. The highest BCUT2D eigenvalue weighted by Gasteiger charge is 2.11. The number of hydrogen-bond donors (Lipinski definition) is 0. The van der Waals surface area contributed by atoms with Crippen LogP contribution in [0, 0.1) is 5.82 Å². The van der Waals surface area contributed by atoms with E-state index in [1.54, 1.807) is 12.1 Å². The van der Waals surface area contributed by atoms with Gasteiger partial charge in [0, 0.05) is 9.37 Å².